The van der Waals surface area contributed by atoms with Gasteiger partial charge in [0, 0.05) is 33.4 Å². The Kier molecular flexibility index (Phi) is 6.65. The highest BCUT2D eigenvalue weighted by atomic mass is 16.5. The van der Waals surface area contributed by atoms with Crippen molar-refractivity contribution in [3.05, 3.63) is 11.9 Å². The van der Waals surface area contributed by atoms with Gasteiger partial charge in [-0.1, -0.05) is 0 Å². The van der Waals surface area contributed by atoms with E-state index in [9.17, 15) is 0 Å². The molecule has 7 nitrogen and oxygen atoms in total. The monoisotopic (exact) mass is 297 g/mol. The van der Waals surface area contributed by atoms with Crippen molar-refractivity contribution in [2.75, 3.05) is 52.5 Å². The fourth-order valence-electron chi connectivity index (χ4n) is 2.04. The number of ether oxygens (including phenoxy) is 4. The molecule has 1 atom stereocenters. The normalized spacial score (nSPS) is 17.9. The molecule has 0 radical (unpaired) electrons. The van der Waals surface area contributed by atoms with Crippen LogP contribution in [0.3, 0.4) is 0 Å². The van der Waals surface area contributed by atoms with Crippen LogP contribution in [0.5, 0.6) is 5.88 Å². The second-order valence-corrected chi connectivity index (χ2v) is 4.71. The van der Waals surface area contributed by atoms with Gasteiger partial charge < -0.3 is 24.3 Å². The minimum Gasteiger partial charge on any atom is -0.475 e. The van der Waals surface area contributed by atoms with Crippen LogP contribution in [-0.4, -0.2) is 57.2 Å². The molecule has 0 aliphatic carbocycles. The van der Waals surface area contributed by atoms with Crippen LogP contribution in [-0.2, 0) is 14.2 Å². The summed E-state index contributed by atoms with van der Waals surface area (Å²) in [7, 11) is 3.30. The van der Waals surface area contributed by atoms with Gasteiger partial charge in [-0.15, -0.1) is 0 Å². The molecule has 1 aliphatic rings. The van der Waals surface area contributed by atoms with Crippen LogP contribution in [0.2, 0.25) is 0 Å². The van der Waals surface area contributed by atoms with Crippen LogP contribution in [0.4, 0.5) is 5.82 Å². The number of nitrogens with one attached hydrogen (secondary N) is 1. The third-order valence-electron chi connectivity index (χ3n) is 3.09. The molecule has 2 rings (SSSR count). The van der Waals surface area contributed by atoms with Gasteiger partial charge in [-0.25, -0.2) is 4.98 Å². The van der Waals surface area contributed by atoms with Crippen molar-refractivity contribution in [2.45, 2.75) is 18.9 Å². The molecular weight excluding hydrogens is 274 g/mol. The lowest BCUT2D eigenvalue weighted by molar-refractivity contribution is 0.103. The number of methoxy groups -OCH3 is 2. The number of aromatic nitrogens is 2. The largest absolute Gasteiger partial charge is 0.475 e. The Morgan fingerprint density at radius 3 is 2.81 bits per heavy atom. The van der Waals surface area contributed by atoms with Crippen molar-refractivity contribution in [2.24, 2.45) is 0 Å². The lowest BCUT2D eigenvalue weighted by atomic mass is 10.2. The highest BCUT2D eigenvalue weighted by Crippen LogP contribution is 2.28. The minimum absolute atomic E-state index is 0.0426. The lowest BCUT2D eigenvalue weighted by Gasteiger charge is -2.13. The van der Waals surface area contributed by atoms with Gasteiger partial charge >= 0.3 is 0 Å². The first kappa shape index (κ1) is 15.9. The summed E-state index contributed by atoms with van der Waals surface area (Å²) in [6.45, 7) is 3.02. The molecule has 1 unspecified atom stereocenters. The van der Waals surface area contributed by atoms with Gasteiger partial charge in [-0.2, -0.15) is 4.98 Å². The second kappa shape index (κ2) is 8.76. The topological polar surface area (TPSA) is 74.7 Å². The molecule has 0 aromatic carbocycles. The van der Waals surface area contributed by atoms with E-state index in [2.05, 4.69) is 15.3 Å². The Morgan fingerprint density at radius 1 is 1.24 bits per heavy atom. The zero-order chi connectivity index (χ0) is 14.9. The number of anilines is 1. The van der Waals surface area contributed by atoms with E-state index in [-0.39, 0.29) is 6.10 Å². The van der Waals surface area contributed by atoms with Gasteiger partial charge in [0.05, 0.1) is 13.2 Å². The van der Waals surface area contributed by atoms with Gasteiger partial charge in [0.2, 0.25) is 5.88 Å². The first-order chi connectivity index (χ1) is 10.3. The van der Waals surface area contributed by atoms with Crippen molar-refractivity contribution in [1.29, 1.82) is 0 Å². The molecule has 0 amide bonds. The standard InChI is InChI=1S/C14H23N3O4/c1-18-7-5-15-12-10-13(21-9-8-19-2)17-14(16-12)11-4-3-6-20-11/h10-11H,3-9H2,1-2H3,(H,15,16,17). The molecule has 1 aliphatic heterocycles. The first-order valence-electron chi connectivity index (χ1n) is 7.18. The van der Waals surface area contributed by atoms with Crippen molar-refractivity contribution in [1.82, 2.24) is 9.97 Å². The van der Waals surface area contributed by atoms with Crippen LogP contribution in [0, 0.1) is 0 Å². The van der Waals surface area contributed by atoms with Gasteiger partial charge in [0.15, 0.2) is 5.82 Å². The SMILES string of the molecule is COCCNc1cc(OCCOC)nc(C2CCCO2)n1. The fourth-order valence-corrected chi connectivity index (χ4v) is 2.04. The average Bonchev–Trinajstić information content (AvgIpc) is 3.02. The summed E-state index contributed by atoms with van der Waals surface area (Å²) in [6, 6.07) is 1.78. The maximum absolute atomic E-state index is 5.64. The Bertz CT molecular complexity index is 396. The number of rotatable bonds is 9. The zero-order valence-corrected chi connectivity index (χ0v) is 12.6. The molecule has 7 heteroatoms. The fraction of sp³-hybridized carbons (Fsp3) is 0.714. The van der Waals surface area contributed by atoms with E-state index in [1.807, 2.05) is 0 Å². The molecule has 0 saturated carbocycles. The molecule has 0 bridgehead atoms. The second-order valence-electron chi connectivity index (χ2n) is 4.71. The Morgan fingerprint density at radius 2 is 2.10 bits per heavy atom. The molecule has 2 heterocycles. The van der Waals surface area contributed by atoms with Crippen LogP contribution >= 0.6 is 0 Å². The number of nitrogens with zero attached hydrogens (tertiary/aromatic N) is 2. The zero-order valence-electron chi connectivity index (χ0n) is 12.6. The summed E-state index contributed by atoms with van der Waals surface area (Å²) in [5.74, 6) is 1.93. The molecule has 1 saturated heterocycles. The Hall–Kier alpha value is -1.44. The molecule has 1 fully saturated rings. The van der Waals surface area contributed by atoms with Gasteiger partial charge in [0.25, 0.3) is 0 Å². The molecule has 0 spiro atoms. The first-order valence-corrected chi connectivity index (χ1v) is 7.18. The predicted molar refractivity (Wildman–Crippen MR) is 77.7 cm³/mol. The third-order valence-corrected chi connectivity index (χ3v) is 3.09. The maximum Gasteiger partial charge on any atom is 0.218 e. The van der Waals surface area contributed by atoms with E-state index in [4.69, 9.17) is 18.9 Å². The highest BCUT2D eigenvalue weighted by Gasteiger charge is 2.22. The van der Waals surface area contributed by atoms with Crippen molar-refractivity contribution in [3.63, 3.8) is 0 Å². The summed E-state index contributed by atoms with van der Waals surface area (Å²) in [6.07, 6.45) is 1.94. The summed E-state index contributed by atoms with van der Waals surface area (Å²) in [4.78, 5) is 8.93. The van der Waals surface area contributed by atoms with Gasteiger partial charge in [0.1, 0.15) is 18.5 Å². The quantitative estimate of drug-likeness (QED) is 0.691. The number of hydrogen-bond donors (Lipinski definition) is 1. The van der Waals surface area contributed by atoms with E-state index in [1.165, 1.54) is 0 Å². The molecule has 1 aromatic rings. The summed E-state index contributed by atoms with van der Waals surface area (Å²) < 4.78 is 21.2. The van der Waals surface area contributed by atoms with Crippen LogP contribution in [0.15, 0.2) is 6.07 Å². The predicted octanol–water partition coefficient (Wildman–Crippen LogP) is 1.41. The van der Waals surface area contributed by atoms with Crippen molar-refractivity contribution < 1.29 is 18.9 Å². The summed E-state index contributed by atoms with van der Waals surface area (Å²) in [5, 5.41) is 3.20. The van der Waals surface area contributed by atoms with E-state index in [1.54, 1.807) is 20.3 Å². The molecule has 1 aromatic heterocycles. The molecule has 1 N–H and O–H groups in total. The van der Waals surface area contributed by atoms with Crippen molar-refractivity contribution in [3.8, 4) is 5.88 Å². The smallest absolute Gasteiger partial charge is 0.218 e. The van der Waals surface area contributed by atoms with E-state index >= 15 is 0 Å². The third kappa shape index (κ3) is 5.11. The van der Waals surface area contributed by atoms with Gasteiger partial charge in [-0.05, 0) is 12.8 Å². The molecule has 118 valence electrons. The highest BCUT2D eigenvalue weighted by molar-refractivity contribution is 5.38. The van der Waals surface area contributed by atoms with Crippen LogP contribution in [0.25, 0.3) is 0 Å². The minimum atomic E-state index is -0.0426. The Balaban J connectivity index is 2.06. The molecule has 21 heavy (non-hydrogen) atoms. The number of hydrogen-bond acceptors (Lipinski definition) is 7. The van der Waals surface area contributed by atoms with Crippen LogP contribution in [0.1, 0.15) is 24.8 Å². The van der Waals surface area contributed by atoms with E-state index in [0.717, 1.165) is 25.3 Å². The van der Waals surface area contributed by atoms with Crippen LogP contribution < -0.4 is 10.1 Å². The van der Waals surface area contributed by atoms with Gasteiger partial charge in [-0.3, -0.25) is 0 Å². The molecular formula is C14H23N3O4. The summed E-state index contributed by atoms with van der Waals surface area (Å²) in [5.41, 5.74) is 0. The lowest BCUT2D eigenvalue weighted by Crippen LogP contribution is -2.13. The Labute approximate surface area is 125 Å². The van der Waals surface area contributed by atoms with E-state index < -0.39 is 0 Å². The maximum atomic E-state index is 5.64. The average molecular weight is 297 g/mol. The summed E-state index contributed by atoms with van der Waals surface area (Å²) >= 11 is 0. The van der Waals surface area contributed by atoms with E-state index in [0.29, 0.717) is 38.1 Å². The van der Waals surface area contributed by atoms with Crippen molar-refractivity contribution >= 4 is 5.82 Å².